The topological polar surface area (TPSA) is 0 Å². The van der Waals surface area contributed by atoms with Crippen LogP contribution in [0.2, 0.25) is 0 Å². The van der Waals surface area contributed by atoms with Gasteiger partial charge in [0.2, 0.25) is 0 Å². The van der Waals surface area contributed by atoms with Crippen LogP contribution in [0.15, 0.2) is 142 Å². The fraction of sp³-hybridized carbons (Fsp3) is 0.400. The van der Waals surface area contributed by atoms with Gasteiger partial charge in [-0.1, -0.05) is 156 Å². The molecule has 0 amide bonds. The van der Waals surface area contributed by atoms with Crippen molar-refractivity contribution in [3.05, 3.63) is 142 Å². The van der Waals surface area contributed by atoms with Gasteiger partial charge in [-0.3, -0.25) is 0 Å². The SMILES string of the molecule is CC(C)=CCC/C(C)=C/C=C/C(C)=C\C=C/C(C)=C/C=C/C=C(C)/C=C/C=C(C)/C=C/[C@H]1C(C)=CCCC1(C)C. The van der Waals surface area contributed by atoms with Crippen LogP contribution in [-0.4, -0.2) is 0 Å². The standard InChI is InChI=1S/C40H56/c1-32(2)18-13-21-35(5)24-15-26-36(6)25-14-22-33(3)19-11-12-20-34(4)23-16-27-37(7)29-30-39-38(8)28-17-31-40(39,9)10/h11-12,14-16,18-20,22-30,39H,13,17,21,31H2,1-10H3/b12-11+,22-14-,23-16+,26-15+,30-29+,33-19+,34-20+,35-24+,36-25-,37-27+/t39-/m0/s1. The zero-order valence-electron chi connectivity index (χ0n) is 27.2. The molecule has 40 heavy (non-hydrogen) atoms. The third kappa shape index (κ3) is 16.1. The summed E-state index contributed by atoms with van der Waals surface area (Å²) < 4.78 is 0. The van der Waals surface area contributed by atoms with Crippen molar-refractivity contribution in [2.45, 2.75) is 94.9 Å². The Morgan fingerprint density at radius 1 is 0.700 bits per heavy atom. The molecule has 0 heterocycles. The Hall–Kier alpha value is -3.12. The fourth-order valence-corrected chi connectivity index (χ4v) is 4.61. The minimum atomic E-state index is 0.342. The van der Waals surface area contributed by atoms with E-state index in [0.717, 1.165) is 12.8 Å². The van der Waals surface area contributed by atoms with Crippen LogP contribution >= 0.6 is 0 Å². The number of hydrogen-bond acceptors (Lipinski definition) is 0. The van der Waals surface area contributed by atoms with Crippen molar-refractivity contribution in [2.75, 3.05) is 0 Å². The minimum absolute atomic E-state index is 0.342. The maximum atomic E-state index is 2.40. The molecule has 1 aliphatic carbocycles. The van der Waals surface area contributed by atoms with Gasteiger partial charge in [-0.05, 0) is 86.5 Å². The van der Waals surface area contributed by atoms with Gasteiger partial charge in [-0.2, -0.15) is 0 Å². The molecule has 0 heteroatoms. The van der Waals surface area contributed by atoms with Crippen molar-refractivity contribution in [3.63, 3.8) is 0 Å². The van der Waals surface area contributed by atoms with Gasteiger partial charge in [0, 0.05) is 5.92 Å². The van der Waals surface area contributed by atoms with Gasteiger partial charge in [-0.25, -0.2) is 0 Å². The maximum Gasteiger partial charge on any atom is 0.00285 e. The van der Waals surface area contributed by atoms with Gasteiger partial charge in [0.25, 0.3) is 0 Å². The normalized spacial score (nSPS) is 20.1. The molecular formula is C40H56. The van der Waals surface area contributed by atoms with E-state index in [-0.39, 0.29) is 0 Å². The summed E-state index contributed by atoms with van der Waals surface area (Å²) in [5.74, 6) is 0.531. The zero-order chi connectivity index (χ0) is 30.0. The Labute approximate surface area is 248 Å². The van der Waals surface area contributed by atoms with E-state index in [4.69, 9.17) is 0 Å². The van der Waals surface area contributed by atoms with E-state index < -0.39 is 0 Å². The molecule has 0 radical (unpaired) electrons. The van der Waals surface area contributed by atoms with Crippen LogP contribution in [0.1, 0.15) is 94.9 Å². The van der Waals surface area contributed by atoms with Crippen molar-refractivity contribution < 1.29 is 0 Å². The second-order valence-corrected chi connectivity index (χ2v) is 12.3. The molecule has 0 saturated carbocycles. The summed E-state index contributed by atoms with van der Waals surface area (Å²) in [6, 6.07) is 0. The molecule has 0 saturated heterocycles. The summed E-state index contributed by atoms with van der Waals surface area (Å²) in [5, 5.41) is 0. The van der Waals surface area contributed by atoms with Crippen LogP contribution in [0.4, 0.5) is 0 Å². The Morgan fingerprint density at radius 2 is 1.18 bits per heavy atom. The molecule has 0 N–H and O–H groups in total. The summed E-state index contributed by atoms with van der Waals surface area (Å²) in [7, 11) is 0. The minimum Gasteiger partial charge on any atom is -0.0856 e. The first-order valence-electron chi connectivity index (χ1n) is 14.9. The van der Waals surface area contributed by atoms with Crippen LogP contribution in [0.3, 0.4) is 0 Å². The van der Waals surface area contributed by atoms with Crippen LogP contribution in [0.25, 0.3) is 0 Å². The molecule has 0 nitrogen and oxygen atoms in total. The van der Waals surface area contributed by atoms with Crippen molar-refractivity contribution in [2.24, 2.45) is 11.3 Å². The Balaban J connectivity index is 2.57. The fourth-order valence-electron chi connectivity index (χ4n) is 4.61. The Kier molecular flexibility index (Phi) is 16.6. The molecule has 0 unspecified atom stereocenters. The van der Waals surface area contributed by atoms with Crippen molar-refractivity contribution in [1.82, 2.24) is 0 Å². The van der Waals surface area contributed by atoms with Crippen LogP contribution in [0, 0.1) is 11.3 Å². The maximum absolute atomic E-state index is 2.40. The molecule has 0 fully saturated rings. The van der Waals surface area contributed by atoms with E-state index in [2.05, 4.69) is 173 Å². The zero-order valence-corrected chi connectivity index (χ0v) is 27.2. The second-order valence-electron chi connectivity index (χ2n) is 12.3. The third-order valence-electron chi connectivity index (χ3n) is 7.24. The summed E-state index contributed by atoms with van der Waals surface area (Å²) in [4.78, 5) is 0. The van der Waals surface area contributed by atoms with E-state index in [1.54, 1.807) is 0 Å². The summed E-state index contributed by atoms with van der Waals surface area (Å²) in [5.41, 5.74) is 9.61. The predicted octanol–water partition coefficient (Wildman–Crippen LogP) is 12.6. The molecule has 1 aliphatic rings. The largest absolute Gasteiger partial charge is 0.0856 e. The van der Waals surface area contributed by atoms with E-state index in [1.807, 2.05) is 0 Å². The van der Waals surface area contributed by atoms with E-state index >= 15 is 0 Å². The molecule has 0 aromatic carbocycles. The highest BCUT2D eigenvalue weighted by molar-refractivity contribution is 5.33. The highest BCUT2D eigenvalue weighted by Gasteiger charge is 2.30. The summed E-state index contributed by atoms with van der Waals surface area (Å²) >= 11 is 0. The Morgan fingerprint density at radius 3 is 1.68 bits per heavy atom. The van der Waals surface area contributed by atoms with Crippen molar-refractivity contribution in [1.29, 1.82) is 0 Å². The lowest BCUT2D eigenvalue weighted by Crippen LogP contribution is -2.26. The second kappa shape index (κ2) is 19.0. The van der Waals surface area contributed by atoms with Gasteiger partial charge in [0.15, 0.2) is 0 Å². The third-order valence-corrected chi connectivity index (χ3v) is 7.24. The van der Waals surface area contributed by atoms with Crippen LogP contribution in [0.5, 0.6) is 0 Å². The molecular weight excluding hydrogens is 480 g/mol. The van der Waals surface area contributed by atoms with Crippen LogP contribution < -0.4 is 0 Å². The van der Waals surface area contributed by atoms with Gasteiger partial charge >= 0.3 is 0 Å². The molecule has 0 aromatic heterocycles. The summed E-state index contributed by atoms with van der Waals surface area (Å²) in [6.07, 6.45) is 42.0. The Bertz CT molecular complexity index is 1160. The highest BCUT2D eigenvalue weighted by atomic mass is 14.3. The molecule has 0 aromatic rings. The smallest absolute Gasteiger partial charge is 0.00285 e. The first-order chi connectivity index (χ1) is 18.9. The number of hydrogen-bond donors (Lipinski definition) is 0. The molecule has 216 valence electrons. The molecule has 0 aliphatic heterocycles. The lowest BCUT2D eigenvalue weighted by Gasteiger charge is -2.36. The molecule has 1 rings (SSSR count). The first-order valence-corrected chi connectivity index (χ1v) is 14.9. The monoisotopic (exact) mass is 536 g/mol. The predicted molar refractivity (Wildman–Crippen MR) is 183 cm³/mol. The van der Waals surface area contributed by atoms with Crippen molar-refractivity contribution >= 4 is 0 Å². The number of allylic oxidation sites excluding steroid dienone is 24. The average molecular weight is 537 g/mol. The summed E-state index contributed by atoms with van der Waals surface area (Å²) in [6.45, 7) is 22.1. The average Bonchev–Trinajstić information content (AvgIpc) is 2.85. The lowest BCUT2D eigenvalue weighted by molar-refractivity contribution is 0.255. The number of rotatable bonds is 13. The van der Waals surface area contributed by atoms with Crippen LogP contribution in [-0.2, 0) is 0 Å². The molecule has 0 bridgehead atoms. The molecule has 1 atom stereocenters. The highest BCUT2D eigenvalue weighted by Crippen LogP contribution is 2.41. The van der Waals surface area contributed by atoms with E-state index in [1.165, 1.54) is 51.9 Å². The van der Waals surface area contributed by atoms with Gasteiger partial charge < -0.3 is 0 Å². The van der Waals surface area contributed by atoms with Crippen molar-refractivity contribution in [3.8, 4) is 0 Å². The van der Waals surface area contributed by atoms with E-state index in [0.29, 0.717) is 11.3 Å². The molecule has 0 spiro atoms. The van der Waals surface area contributed by atoms with Gasteiger partial charge in [0.1, 0.15) is 0 Å². The first kappa shape index (κ1) is 34.9. The van der Waals surface area contributed by atoms with E-state index in [9.17, 15) is 0 Å². The lowest BCUT2D eigenvalue weighted by atomic mass is 9.68. The van der Waals surface area contributed by atoms with Gasteiger partial charge in [-0.15, -0.1) is 0 Å². The quantitative estimate of drug-likeness (QED) is 0.162. The van der Waals surface area contributed by atoms with Gasteiger partial charge in [0.05, 0.1) is 0 Å².